The quantitative estimate of drug-likeness (QED) is 0.501. The van der Waals surface area contributed by atoms with Crippen LogP contribution in [0.1, 0.15) is 0 Å². The van der Waals surface area contributed by atoms with Crippen LogP contribution < -0.4 is 5.32 Å². The van der Waals surface area contributed by atoms with E-state index >= 15 is 0 Å². The second-order valence-corrected chi connectivity index (χ2v) is 5.31. The highest BCUT2D eigenvalue weighted by Gasteiger charge is 2.11. The van der Waals surface area contributed by atoms with E-state index in [0.29, 0.717) is 16.7 Å². The van der Waals surface area contributed by atoms with Crippen molar-refractivity contribution in [3.63, 3.8) is 0 Å². The summed E-state index contributed by atoms with van der Waals surface area (Å²) in [5, 5.41) is 4.67. The van der Waals surface area contributed by atoms with Gasteiger partial charge in [0.2, 0.25) is 0 Å². The average molecular weight is 306 g/mol. The highest BCUT2D eigenvalue weighted by Crippen LogP contribution is 2.30. The topological polar surface area (TPSA) is 24.9 Å². The lowest BCUT2D eigenvalue weighted by Gasteiger charge is -2.11. The molecular weight excluding hydrogens is 294 g/mol. The number of hydrogen-bond acceptors (Lipinski definition) is 2. The fraction of sp³-hybridized carbons (Fsp3) is 0. The van der Waals surface area contributed by atoms with Crippen molar-refractivity contribution in [3.05, 3.63) is 78.4 Å². The molecule has 0 aliphatic rings. The summed E-state index contributed by atoms with van der Waals surface area (Å²) in [6, 6.07) is 18.7. The van der Waals surface area contributed by atoms with E-state index in [1.807, 2.05) is 36.4 Å². The Balaban J connectivity index is 1.96. The molecule has 1 aromatic heterocycles. The van der Waals surface area contributed by atoms with Gasteiger partial charge in [0.25, 0.3) is 0 Å². The number of anilines is 2. The van der Waals surface area contributed by atoms with Crippen molar-refractivity contribution in [2.45, 2.75) is 0 Å². The van der Waals surface area contributed by atoms with Gasteiger partial charge in [0, 0.05) is 22.5 Å². The maximum atomic E-state index is 14.3. The van der Waals surface area contributed by atoms with Crippen molar-refractivity contribution < 1.29 is 8.78 Å². The summed E-state index contributed by atoms with van der Waals surface area (Å²) in [5.41, 5.74) is 2.03. The van der Waals surface area contributed by atoms with E-state index in [1.54, 1.807) is 12.1 Å². The third kappa shape index (κ3) is 2.48. The molecule has 4 heteroatoms. The largest absolute Gasteiger partial charge is 0.351 e. The first-order valence-electron chi connectivity index (χ1n) is 7.21. The summed E-state index contributed by atoms with van der Waals surface area (Å²) in [5.74, 6) is -0.761. The highest BCUT2D eigenvalue weighted by atomic mass is 19.1. The number of rotatable bonds is 2. The number of para-hydroxylation sites is 1. The molecule has 0 radical (unpaired) electrons. The van der Waals surface area contributed by atoms with Crippen LogP contribution in [-0.2, 0) is 0 Å². The van der Waals surface area contributed by atoms with Crippen LogP contribution in [0.3, 0.4) is 0 Å². The van der Waals surface area contributed by atoms with Crippen LogP contribution in [0.2, 0.25) is 0 Å². The first-order chi connectivity index (χ1) is 11.2. The normalized spacial score (nSPS) is 11.0. The van der Waals surface area contributed by atoms with Gasteiger partial charge in [-0.05, 0) is 42.5 Å². The number of halogens is 2. The summed E-state index contributed by atoms with van der Waals surface area (Å²) in [4.78, 5) is 4.45. The van der Waals surface area contributed by atoms with Gasteiger partial charge in [0.1, 0.15) is 17.3 Å². The van der Waals surface area contributed by atoms with Gasteiger partial charge in [-0.15, -0.1) is 0 Å². The van der Waals surface area contributed by atoms with Crippen LogP contribution in [0.15, 0.2) is 66.7 Å². The van der Waals surface area contributed by atoms with Gasteiger partial charge in [-0.3, -0.25) is 0 Å². The minimum absolute atomic E-state index is 0.292. The standard InChI is InChI=1S/C19H12F2N2/c20-14-8-6-12-10-13-7-9-16(21)19(18(13)23-17(12)11-14)22-15-4-2-1-3-5-15/h1-11,22H. The number of nitrogens with zero attached hydrogens (tertiary/aromatic N) is 1. The predicted octanol–water partition coefficient (Wildman–Crippen LogP) is 5.41. The summed E-state index contributed by atoms with van der Waals surface area (Å²) in [6.07, 6.45) is 0. The third-order valence-electron chi connectivity index (χ3n) is 3.74. The zero-order valence-corrected chi connectivity index (χ0v) is 12.1. The smallest absolute Gasteiger partial charge is 0.148 e. The molecular formula is C19H12F2N2. The van der Waals surface area contributed by atoms with E-state index < -0.39 is 5.82 Å². The van der Waals surface area contributed by atoms with Crippen LogP contribution >= 0.6 is 0 Å². The summed E-state index contributed by atoms with van der Waals surface area (Å²) in [6.45, 7) is 0. The molecule has 1 heterocycles. The van der Waals surface area contributed by atoms with Crippen molar-refractivity contribution in [1.82, 2.24) is 4.98 Å². The number of aromatic nitrogens is 1. The maximum absolute atomic E-state index is 14.3. The monoisotopic (exact) mass is 306 g/mol. The maximum Gasteiger partial charge on any atom is 0.148 e. The zero-order valence-electron chi connectivity index (χ0n) is 12.1. The lowest BCUT2D eigenvalue weighted by atomic mass is 10.1. The Morgan fingerprint density at radius 1 is 0.783 bits per heavy atom. The van der Waals surface area contributed by atoms with Crippen molar-refractivity contribution in [3.8, 4) is 0 Å². The molecule has 4 rings (SSSR count). The highest BCUT2D eigenvalue weighted by molar-refractivity contribution is 5.99. The molecule has 112 valence electrons. The van der Waals surface area contributed by atoms with Gasteiger partial charge in [-0.25, -0.2) is 13.8 Å². The molecule has 1 N–H and O–H groups in total. The molecule has 0 saturated carbocycles. The molecule has 0 saturated heterocycles. The molecule has 0 fully saturated rings. The molecule has 0 aliphatic carbocycles. The lowest BCUT2D eigenvalue weighted by Crippen LogP contribution is -1.97. The fourth-order valence-corrected chi connectivity index (χ4v) is 2.63. The first kappa shape index (κ1) is 13.6. The van der Waals surface area contributed by atoms with Crippen LogP contribution in [0, 0.1) is 11.6 Å². The third-order valence-corrected chi connectivity index (χ3v) is 3.74. The molecule has 0 aliphatic heterocycles. The second kappa shape index (κ2) is 5.32. The Labute approximate surface area is 131 Å². The van der Waals surface area contributed by atoms with Gasteiger partial charge >= 0.3 is 0 Å². The van der Waals surface area contributed by atoms with Crippen molar-refractivity contribution in [2.75, 3.05) is 5.32 Å². The Kier molecular flexibility index (Phi) is 3.15. The molecule has 0 amide bonds. The van der Waals surface area contributed by atoms with E-state index in [-0.39, 0.29) is 5.82 Å². The van der Waals surface area contributed by atoms with Crippen LogP contribution in [-0.4, -0.2) is 4.98 Å². The molecule has 0 bridgehead atoms. The average Bonchev–Trinajstić information content (AvgIpc) is 2.57. The van der Waals surface area contributed by atoms with E-state index in [0.717, 1.165) is 16.5 Å². The molecule has 4 aromatic rings. The minimum Gasteiger partial charge on any atom is -0.351 e. The molecule has 23 heavy (non-hydrogen) atoms. The summed E-state index contributed by atoms with van der Waals surface area (Å²) >= 11 is 0. The Morgan fingerprint density at radius 2 is 1.57 bits per heavy atom. The number of pyridine rings is 1. The van der Waals surface area contributed by atoms with Crippen LogP contribution in [0.4, 0.5) is 20.2 Å². The van der Waals surface area contributed by atoms with E-state index in [1.165, 1.54) is 18.2 Å². The van der Waals surface area contributed by atoms with Crippen molar-refractivity contribution >= 4 is 33.2 Å². The van der Waals surface area contributed by atoms with Crippen LogP contribution in [0.25, 0.3) is 21.8 Å². The fourth-order valence-electron chi connectivity index (χ4n) is 2.63. The van der Waals surface area contributed by atoms with Gasteiger partial charge < -0.3 is 5.32 Å². The summed E-state index contributed by atoms with van der Waals surface area (Å²) < 4.78 is 27.7. The van der Waals surface area contributed by atoms with Gasteiger partial charge in [-0.1, -0.05) is 18.2 Å². The van der Waals surface area contributed by atoms with E-state index in [4.69, 9.17) is 0 Å². The van der Waals surface area contributed by atoms with E-state index in [2.05, 4.69) is 10.3 Å². The molecule has 3 aromatic carbocycles. The van der Waals surface area contributed by atoms with Crippen molar-refractivity contribution in [2.24, 2.45) is 0 Å². The van der Waals surface area contributed by atoms with Gasteiger partial charge in [-0.2, -0.15) is 0 Å². The number of fused-ring (bicyclic) bond motifs is 2. The van der Waals surface area contributed by atoms with Crippen LogP contribution in [0.5, 0.6) is 0 Å². The Bertz CT molecular complexity index is 1010. The van der Waals surface area contributed by atoms with Gasteiger partial charge in [0.15, 0.2) is 0 Å². The molecule has 2 nitrogen and oxygen atoms in total. The zero-order chi connectivity index (χ0) is 15.8. The number of hydrogen-bond donors (Lipinski definition) is 1. The lowest BCUT2D eigenvalue weighted by molar-refractivity contribution is 0.629. The van der Waals surface area contributed by atoms with Gasteiger partial charge in [0.05, 0.1) is 11.0 Å². The SMILES string of the molecule is Fc1ccc2cc3ccc(F)c(Nc4ccccc4)c3nc2c1. The Hall–Kier alpha value is -3.01. The first-order valence-corrected chi connectivity index (χ1v) is 7.21. The second-order valence-electron chi connectivity index (χ2n) is 5.31. The minimum atomic E-state index is -0.399. The predicted molar refractivity (Wildman–Crippen MR) is 88.9 cm³/mol. The van der Waals surface area contributed by atoms with E-state index in [9.17, 15) is 8.78 Å². The number of nitrogens with one attached hydrogen (secondary N) is 1. The van der Waals surface area contributed by atoms with Crippen molar-refractivity contribution in [1.29, 1.82) is 0 Å². The molecule has 0 atom stereocenters. The Morgan fingerprint density at radius 3 is 2.39 bits per heavy atom. The molecule has 0 spiro atoms. The number of benzene rings is 3. The molecule has 0 unspecified atom stereocenters. The summed E-state index contributed by atoms with van der Waals surface area (Å²) in [7, 11) is 0.